The van der Waals surface area contributed by atoms with Gasteiger partial charge in [-0.15, -0.1) is 0 Å². The molecular weight excluding hydrogens is 379 g/mol. The van der Waals surface area contributed by atoms with Gasteiger partial charge in [0.25, 0.3) is 0 Å². The monoisotopic (exact) mass is 406 g/mol. The standard InChI is InChI=1S/C21H26O3Se/c1-2-3-12-19(17-25(23,24)20-13-8-5-9-14-20)21(22)16-15-18-10-6-4-7-11-18/h4-11,13-14,17,21-22H,2-3,12,15-16H2,1H3/b19-17-. The minimum absolute atomic E-state index is 0.336. The molecule has 2 rings (SSSR count). The summed E-state index contributed by atoms with van der Waals surface area (Å²) in [6.45, 7) is 2.06. The van der Waals surface area contributed by atoms with Crippen LogP contribution in [0.5, 0.6) is 0 Å². The predicted octanol–water partition coefficient (Wildman–Crippen LogP) is 3.85. The van der Waals surface area contributed by atoms with Gasteiger partial charge in [0, 0.05) is 0 Å². The molecule has 134 valence electrons. The summed E-state index contributed by atoms with van der Waals surface area (Å²) >= 11 is -4.39. The fraction of sp³-hybridized carbons (Fsp3) is 0.333. The molecular formula is C21H26O3Se. The number of aliphatic hydroxyl groups excluding tert-OH is 1. The summed E-state index contributed by atoms with van der Waals surface area (Å²) in [6, 6.07) is 18.4. The van der Waals surface area contributed by atoms with Gasteiger partial charge in [0.1, 0.15) is 0 Å². The number of rotatable bonds is 9. The van der Waals surface area contributed by atoms with Crippen LogP contribution < -0.4 is 4.46 Å². The summed E-state index contributed by atoms with van der Waals surface area (Å²) in [5, 5.41) is 10.6. The number of benzene rings is 2. The number of aryl methyl sites for hydroxylation is 1. The van der Waals surface area contributed by atoms with Crippen LogP contribution in [-0.4, -0.2) is 23.9 Å². The van der Waals surface area contributed by atoms with Crippen molar-refractivity contribution >= 4 is 17.2 Å². The molecule has 0 aliphatic carbocycles. The van der Waals surface area contributed by atoms with Gasteiger partial charge in [0.15, 0.2) is 0 Å². The first-order valence-electron chi connectivity index (χ1n) is 8.75. The molecule has 0 aromatic heterocycles. The summed E-state index contributed by atoms with van der Waals surface area (Å²) in [7, 11) is 0. The molecule has 0 saturated carbocycles. The van der Waals surface area contributed by atoms with Gasteiger partial charge in [-0.25, -0.2) is 0 Å². The fourth-order valence-corrected chi connectivity index (χ4v) is 5.52. The molecule has 0 fully saturated rings. The fourth-order valence-electron chi connectivity index (χ4n) is 2.70. The average molecular weight is 405 g/mol. The molecule has 1 N–H and O–H groups in total. The zero-order valence-electron chi connectivity index (χ0n) is 14.6. The van der Waals surface area contributed by atoms with Gasteiger partial charge in [-0.2, -0.15) is 0 Å². The van der Waals surface area contributed by atoms with Gasteiger partial charge in [-0.3, -0.25) is 0 Å². The van der Waals surface area contributed by atoms with E-state index in [-0.39, 0.29) is 0 Å². The third-order valence-corrected chi connectivity index (χ3v) is 7.41. The predicted molar refractivity (Wildman–Crippen MR) is 102 cm³/mol. The van der Waals surface area contributed by atoms with E-state index < -0.39 is 18.8 Å². The molecule has 0 aliphatic heterocycles. The number of hydrogen-bond acceptors (Lipinski definition) is 3. The number of unbranched alkanes of at least 4 members (excludes halogenated alkanes) is 1. The quantitative estimate of drug-likeness (QED) is 0.645. The molecule has 25 heavy (non-hydrogen) atoms. The Morgan fingerprint density at radius 1 is 1.04 bits per heavy atom. The second kappa shape index (κ2) is 9.67. The molecule has 2 aromatic rings. The van der Waals surface area contributed by atoms with E-state index in [1.54, 1.807) is 30.3 Å². The van der Waals surface area contributed by atoms with Crippen molar-refractivity contribution in [2.24, 2.45) is 0 Å². The van der Waals surface area contributed by atoms with E-state index in [1.165, 1.54) is 4.97 Å². The van der Waals surface area contributed by atoms with Crippen molar-refractivity contribution in [3.05, 3.63) is 76.8 Å². The summed E-state index contributed by atoms with van der Waals surface area (Å²) < 4.78 is 25.7. The molecule has 0 saturated heterocycles. The Hall–Kier alpha value is -1.74. The second-order valence-corrected chi connectivity index (χ2v) is 9.96. The third-order valence-electron chi connectivity index (χ3n) is 4.17. The van der Waals surface area contributed by atoms with Crippen LogP contribution >= 0.6 is 0 Å². The first kappa shape index (κ1) is 19.6. The van der Waals surface area contributed by atoms with Gasteiger partial charge >= 0.3 is 152 Å². The van der Waals surface area contributed by atoms with Crippen LogP contribution in [0.25, 0.3) is 0 Å². The molecule has 0 aliphatic rings. The summed E-state index contributed by atoms with van der Waals surface area (Å²) in [4.78, 5) is 1.34. The number of aliphatic hydroxyl groups is 1. The van der Waals surface area contributed by atoms with Crippen LogP contribution in [0.15, 0.2) is 71.2 Å². The maximum absolute atomic E-state index is 12.7. The summed E-state index contributed by atoms with van der Waals surface area (Å²) in [5.41, 5.74) is 1.78. The Morgan fingerprint density at radius 3 is 2.24 bits per heavy atom. The molecule has 0 spiro atoms. The van der Waals surface area contributed by atoms with Crippen molar-refractivity contribution in [3.8, 4) is 0 Å². The van der Waals surface area contributed by atoms with Gasteiger partial charge in [0.2, 0.25) is 0 Å². The zero-order chi connectivity index (χ0) is 18.1. The molecule has 4 heteroatoms. The van der Waals surface area contributed by atoms with Gasteiger partial charge < -0.3 is 0 Å². The van der Waals surface area contributed by atoms with E-state index in [2.05, 4.69) is 6.92 Å². The van der Waals surface area contributed by atoms with Crippen LogP contribution in [0.4, 0.5) is 0 Å². The second-order valence-electron chi connectivity index (χ2n) is 6.19. The Morgan fingerprint density at radius 2 is 1.64 bits per heavy atom. The van der Waals surface area contributed by atoms with E-state index in [1.807, 2.05) is 30.3 Å². The van der Waals surface area contributed by atoms with Gasteiger partial charge in [-0.1, -0.05) is 0 Å². The molecule has 3 nitrogen and oxygen atoms in total. The minimum atomic E-state index is -4.39. The van der Waals surface area contributed by atoms with Gasteiger partial charge in [-0.05, 0) is 0 Å². The van der Waals surface area contributed by atoms with Crippen LogP contribution in [0.1, 0.15) is 38.2 Å². The summed E-state index contributed by atoms with van der Waals surface area (Å²) in [5.74, 6) is 0. The van der Waals surface area contributed by atoms with Crippen molar-refractivity contribution in [2.45, 2.75) is 45.1 Å². The van der Waals surface area contributed by atoms with E-state index in [4.69, 9.17) is 0 Å². The first-order chi connectivity index (χ1) is 12.0. The Bertz CT molecular complexity index is 765. The van der Waals surface area contributed by atoms with Crippen LogP contribution in [-0.2, 0) is 14.1 Å². The van der Waals surface area contributed by atoms with Crippen molar-refractivity contribution in [2.75, 3.05) is 0 Å². The first-order valence-corrected chi connectivity index (χ1v) is 12.0. The van der Waals surface area contributed by atoms with Crippen molar-refractivity contribution in [3.63, 3.8) is 0 Å². The Balaban J connectivity index is 2.16. The SMILES string of the molecule is CCCC/C(=C/[Se](=O)(=O)c1ccccc1)C(O)CCc1ccccc1. The van der Waals surface area contributed by atoms with Crippen LogP contribution in [0.3, 0.4) is 0 Å². The Kier molecular flexibility index (Phi) is 7.57. The molecule has 2 aromatic carbocycles. The van der Waals surface area contributed by atoms with E-state index >= 15 is 0 Å². The van der Waals surface area contributed by atoms with Crippen LogP contribution in [0.2, 0.25) is 0 Å². The normalized spacial score (nSPS) is 13.6. The van der Waals surface area contributed by atoms with Crippen molar-refractivity contribution in [1.29, 1.82) is 0 Å². The average Bonchev–Trinajstić information content (AvgIpc) is 2.64. The van der Waals surface area contributed by atoms with Crippen LogP contribution in [0, 0.1) is 0 Å². The number of hydrogen-bond donors (Lipinski definition) is 1. The molecule has 0 radical (unpaired) electrons. The van der Waals surface area contributed by atoms with Crippen molar-refractivity contribution < 1.29 is 12.8 Å². The molecule has 0 amide bonds. The maximum atomic E-state index is 12.7. The third kappa shape index (κ3) is 6.24. The zero-order valence-corrected chi connectivity index (χ0v) is 16.3. The summed E-state index contributed by atoms with van der Waals surface area (Å²) in [6.07, 6.45) is 2.98. The molecule has 1 unspecified atom stereocenters. The Labute approximate surface area is 152 Å². The van der Waals surface area contributed by atoms with Crippen molar-refractivity contribution in [1.82, 2.24) is 0 Å². The topological polar surface area (TPSA) is 54.4 Å². The van der Waals surface area contributed by atoms with E-state index in [9.17, 15) is 12.8 Å². The molecule has 1 atom stereocenters. The van der Waals surface area contributed by atoms with E-state index in [0.717, 1.165) is 24.8 Å². The molecule has 0 bridgehead atoms. The molecule has 0 heterocycles. The van der Waals surface area contributed by atoms with E-state index in [0.29, 0.717) is 22.9 Å². The van der Waals surface area contributed by atoms with Gasteiger partial charge in [0.05, 0.1) is 0 Å².